The molecule has 0 aliphatic carbocycles. The van der Waals surface area contributed by atoms with Gasteiger partial charge in [-0.1, -0.05) is 56.3 Å². The molecule has 2 aromatic carbocycles. The Morgan fingerprint density at radius 1 is 1.15 bits per heavy atom. The third-order valence-electron chi connectivity index (χ3n) is 4.45. The van der Waals surface area contributed by atoms with Gasteiger partial charge in [0.25, 0.3) is 5.91 Å². The first-order chi connectivity index (χ1) is 13.1. The second kappa shape index (κ2) is 7.37. The largest absolute Gasteiger partial charge is 0.451 e. The zero-order chi connectivity index (χ0) is 18.8. The number of para-hydroxylation sites is 1. The van der Waals surface area contributed by atoms with Gasteiger partial charge >= 0.3 is 0 Å². The minimum absolute atomic E-state index is 0.284. The number of hydrogen-bond acceptors (Lipinski definition) is 4. The number of thiazole rings is 1. The third-order valence-corrected chi connectivity index (χ3v) is 5.36. The fourth-order valence-electron chi connectivity index (χ4n) is 2.92. The lowest BCUT2D eigenvalue weighted by Crippen LogP contribution is -2.10. The standard InChI is InChI=1S/C22H20N2O2S/c1-14(2)16-9-7-15(8-10-16)11-18-13-23-22(27-18)24-21(25)20-12-17-5-3-4-6-19(17)26-20/h3-10,12-14H,11H2,1-2H3,(H,23,24,25). The van der Waals surface area contributed by atoms with Crippen molar-refractivity contribution in [3.63, 3.8) is 0 Å². The van der Waals surface area contributed by atoms with E-state index in [1.807, 2.05) is 30.5 Å². The van der Waals surface area contributed by atoms with Gasteiger partial charge in [-0.2, -0.15) is 0 Å². The van der Waals surface area contributed by atoms with Crippen LogP contribution in [0.5, 0.6) is 0 Å². The summed E-state index contributed by atoms with van der Waals surface area (Å²) >= 11 is 1.48. The summed E-state index contributed by atoms with van der Waals surface area (Å²) in [6.45, 7) is 4.38. The van der Waals surface area contributed by atoms with Crippen LogP contribution in [0.2, 0.25) is 0 Å². The smallest absolute Gasteiger partial charge is 0.293 e. The Bertz CT molecular complexity index is 1040. The second-order valence-corrected chi connectivity index (χ2v) is 7.92. The van der Waals surface area contributed by atoms with Crippen molar-refractivity contribution in [2.75, 3.05) is 5.32 Å². The maximum absolute atomic E-state index is 12.4. The summed E-state index contributed by atoms with van der Waals surface area (Å²) in [4.78, 5) is 17.8. The fraction of sp³-hybridized carbons (Fsp3) is 0.182. The molecule has 0 saturated heterocycles. The van der Waals surface area contributed by atoms with E-state index in [0.29, 0.717) is 16.6 Å². The van der Waals surface area contributed by atoms with E-state index in [4.69, 9.17) is 4.42 Å². The molecule has 136 valence electrons. The highest BCUT2D eigenvalue weighted by molar-refractivity contribution is 7.15. The van der Waals surface area contributed by atoms with Crippen LogP contribution in [0.3, 0.4) is 0 Å². The number of hydrogen-bond donors (Lipinski definition) is 1. The molecule has 0 radical (unpaired) electrons. The van der Waals surface area contributed by atoms with Crippen molar-refractivity contribution in [2.24, 2.45) is 0 Å². The van der Waals surface area contributed by atoms with Gasteiger partial charge in [0, 0.05) is 22.9 Å². The molecule has 0 fully saturated rings. The minimum atomic E-state index is -0.284. The van der Waals surface area contributed by atoms with E-state index in [9.17, 15) is 4.79 Å². The molecular formula is C22H20N2O2S. The molecule has 4 rings (SSSR count). The van der Waals surface area contributed by atoms with Crippen molar-refractivity contribution >= 4 is 33.3 Å². The molecule has 0 atom stereocenters. The molecule has 1 N–H and O–H groups in total. The van der Waals surface area contributed by atoms with E-state index < -0.39 is 0 Å². The SMILES string of the molecule is CC(C)c1ccc(Cc2cnc(NC(=O)c3cc4ccccc4o3)s2)cc1. The molecule has 2 aromatic heterocycles. The Morgan fingerprint density at radius 2 is 1.93 bits per heavy atom. The van der Waals surface area contributed by atoms with Gasteiger partial charge in [0.15, 0.2) is 10.9 Å². The first-order valence-electron chi connectivity index (χ1n) is 8.92. The summed E-state index contributed by atoms with van der Waals surface area (Å²) < 4.78 is 5.60. The Hall–Kier alpha value is -2.92. The highest BCUT2D eigenvalue weighted by atomic mass is 32.1. The van der Waals surface area contributed by atoms with Crippen LogP contribution in [0.15, 0.2) is 65.2 Å². The average molecular weight is 376 g/mol. The number of furan rings is 1. The summed E-state index contributed by atoms with van der Waals surface area (Å²) in [5.41, 5.74) is 3.27. The molecule has 2 heterocycles. The Balaban J connectivity index is 1.43. The molecule has 0 unspecified atom stereocenters. The lowest BCUT2D eigenvalue weighted by molar-refractivity contribution is 0.0998. The normalized spacial score (nSPS) is 11.2. The number of nitrogens with zero attached hydrogens (tertiary/aromatic N) is 1. The Labute approximate surface area is 161 Å². The zero-order valence-electron chi connectivity index (χ0n) is 15.2. The van der Waals surface area contributed by atoms with Gasteiger partial charge in [-0.05, 0) is 29.2 Å². The van der Waals surface area contributed by atoms with Crippen LogP contribution in [0, 0.1) is 0 Å². The topological polar surface area (TPSA) is 55.1 Å². The first-order valence-corrected chi connectivity index (χ1v) is 9.73. The fourth-order valence-corrected chi connectivity index (χ4v) is 3.76. The van der Waals surface area contributed by atoms with Crippen molar-refractivity contribution in [1.29, 1.82) is 0 Å². The lowest BCUT2D eigenvalue weighted by atomic mass is 10.0. The number of benzene rings is 2. The van der Waals surface area contributed by atoms with Crippen molar-refractivity contribution in [1.82, 2.24) is 4.98 Å². The summed E-state index contributed by atoms with van der Waals surface area (Å²) in [5, 5.41) is 4.31. The van der Waals surface area contributed by atoms with Gasteiger partial charge in [0.1, 0.15) is 5.58 Å². The van der Waals surface area contributed by atoms with Crippen LogP contribution in [0.1, 0.15) is 46.3 Å². The van der Waals surface area contributed by atoms with Gasteiger partial charge in [-0.25, -0.2) is 4.98 Å². The number of anilines is 1. The quantitative estimate of drug-likeness (QED) is 0.475. The van der Waals surface area contributed by atoms with Gasteiger partial charge in [0.05, 0.1) is 0 Å². The number of fused-ring (bicyclic) bond motifs is 1. The highest BCUT2D eigenvalue weighted by Gasteiger charge is 2.14. The summed E-state index contributed by atoms with van der Waals surface area (Å²) in [5.74, 6) is 0.535. The maximum atomic E-state index is 12.4. The van der Waals surface area contributed by atoms with E-state index in [1.165, 1.54) is 22.5 Å². The molecule has 0 aliphatic heterocycles. The molecule has 5 heteroatoms. The molecule has 0 bridgehead atoms. The molecule has 1 amide bonds. The van der Waals surface area contributed by atoms with Crippen LogP contribution in [-0.4, -0.2) is 10.9 Å². The number of nitrogens with one attached hydrogen (secondary N) is 1. The number of aromatic nitrogens is 1. The number of carbonyl (C=O) groups excluding carboxylic acids is 1. The number of amides is 1. The predicted octanol–water partition coefficient (Wildman–Crippen LogP) is 5.86. The van der Waals surface area contributed by atoms with E-state index in [2.05, 4.69) is 48.4 Å². The van der Waals surface area contributed by atoms with Crippen molar-refractivity contribution in [2.45, 2.75) is 26.2 Å². The molecule has 0 aliphatic rings. The van der Waals surface area contributed by atoms with Gasteiger partial charge in [0.2, 0.25) is 0 Å². The van der Waals surface area contributed by atoms with Crippen LogP contribution in [0.25, 0.3) is 11.0 Å². The lowest BCUT2D eigenvalue weighted by Gasteiger charge is -2.06. The van der Waals surface area contributed by atoms with E-state index >= 15 is 0 Å². The minimum Gasteiger partial charge on any atom is -0.451 e. The van der Waals surface area contributed by atoms with Crippen LogP contribution >= 0.6 is 11.3 Å². The maximum Gasteiger partial charge on any atom is 0.293 e. The molecule has 4 aromatic rings. The van der Waals surface area contributed by atoms with Crippen molar-refractivity contribution < 1.29 is 9.21 Å². The number of rotatable bonds is 5. The van der Waals surface area contributed by atoms with Gasteiger partial charge in [-0.15, -0.1) is 11.3 Å². The average Bonchev–Trinajstić information content (AvgIpc) is 3.29. The first kappa shape index (κ1) is 17.5. The van der Waals surface area contributed by atoms with E-state index in [-0.39, 0.29) is 11.7 Å². The molecule has 0 saturated carbocycles. The van der Waals surface area contributed by atoms with E-state index in [0.717, 1.165) is 16.7 Å². The monoisotopic (exact) mass is 376 g/mol. The summed E-state index contributed by atoms with van der Waals surface area (Å²) in [6, 6.07) is 18.0. The zero-order valence-corrected chi connectivity index (χ0v) is 16.0. The molecular weight excluding hydrogens is 356 g/mol. The van der Waals surface area contributed by atoms with Crippen molar-refractivity contribution in [3.8, 4) is 0 Å². The molecule has 0 spiro atoms. The van der Waals surface area contributed by atoms with Crippen molar-refractivity contribution in [3.05, 3.63) is 82.6 Å². The molecule has 4 nitrogen and oxygen atoms in total. The van der Waals surface area contributed by atoms with Gasteiger partial charge < -0.3 is 4.42 Å². The van der Waals surface area contributed by atoms with Crippen LogP contribution < -0.4 is 5.32 Å². The summed E-state index contributed by atoms with van der Waals surface area (Å²) in [7, 11) is 0. The molecule has 27 heavy (non-hydrogen) atoms. The number of carbonyl (C=O) groups is 1. The van der Waals surface area contributed by atoms with Crippen LogP contribution in [0.4, 0.5) is 5.13 Å². The third kappa shape index (κ3) is 3.93. The van der Waals surface area contributed by atoms with Gasteiger partial charge in [-0.3, -0.25) is 10.1 Å². The predicted molar refractivity (Wildman–Crippen MR) is 110 cm³/mol. The second-order valence-electron chi connectivity index (χ2n) is 6.81. The van der Waals surface area contributed by atoms with E-state index in [1.54, 1.807) is 6.07 Å². The Kier molecular flexibility index (Phi) is 4.77. The Morgan fingerprint density at radius 3 is 2.67 bits per heavy atom. The highest BCUT2D eigenvalue weighted by Crippen LogP contribution is 2.24. The van der Waals surface area contributed by atoms with Crippen LogP contribution in [-0.2, 0) is 6.42 Å². The summed E-state index contributed by atoms with van der Waals surface area (Å²) in [6.07, 6.45) is 2.62.